The van der Waals surface area contributed by atoms with Crippen LogP contribution in [0.25, 0.3) is 0 Å². The number of nitrogens with two attached hydrogens (primary N) is 1. The maximum absolute atomic E-state index is 12.3. The van der Waals surface area contributed by atoms with Crippen LogP contribution in [0.3, 0.4) is 0 Å². The molecule has 1 aromatic carbocycles. The van der Waals surface area contributed by atoms with Gasteiger partial charge >= 0.3 is 5.97 Å². The van der Waals surface area contributed by atoms with Crippen molar-refractivity contribution in [2.24, 2.45) is 5.92 Å². The molecule has 1 saturated heterocycles. The van der Waals surface area contributed by atoms with Crippen molar-refractivity contribution in [2.45, 2.75) is 39.2 Å². The number of piperidine rings is 1. The number of hydrogen-bond acceptors (Lipinski definition) is 3. The Morgan fingerprint density at radius 3 is 2.14 bits per heavy atom. The van der Waals surface area contributed by atoms with Gasteiger partial charge in [-0.2, -0.15) is 0 Å². The molecule has 1 aliphatic heterocycles. The predicted molar refractivity (Wildman–Crippen MR) is 80.3 cm³/mol. The summed E-state index contributed by atoms with van der Waals surface area (Å²) in [7, 11) is 0. The molecule has 21 heavy (non-hydrogen) atoms. The third-order valence-corrected chi connectivity index (χ3v) is 4.30. The van der Waals surface area contributed by atoms with Crippen LogP contribution in [0.2, 0.25) is 0 Å². The molecule has 0 bridgehead atoms. The number of benzene rings is 1. The van der Waals surface area contributed by atoms with E-state index in [1.165, 1.54) is 6.92 Å². The van der Waals surface area contributed by atoms with Gasteiger partial charge in [0, 0.05) is 24.3 Å². The normalized spacial score (nSPS) is 16.5. The van der Waals surface area contributed by atoms with Crippen molar-refractivity contribution in [1.29, 1.82) is 0 Å². The van der Waals surface area contributed by atoms with Gasteiger partial charge in [0.1, 0.15) is 5.60 Å². The largest absolute Gasteiger partial charge is 0.456 e. The number of hydrogen-bond donors (Lipinski definition) is 1. The topological polar surface area (TPSA) is 60.0 Å². The maximum Gasteiger partial charge on any atom is 0.338 e. The average molecular weight is 290 g/mol. The van der Waals surface area contributed by atoms with E-state index in [-0.39, 0.29) is 11.8 Å². The van der Waals surface area contributed by atoms with Crippen LogP contribution in [0.15, 0.2) is 24.3 Å². The number of esters is 1. The first-order valence-corrected chi connectivity index (χ1v) is 7.56. The summed E-state index contributed by atoms with van der Waals surface area (Å²) >= 11 is 0. The number of ether oxygens (including phenoxy) is 1. The number of carbonyl (C=O) groups excluding carboxylic acids is 2. The lowest BCUT2D eigenvalue weighted by Gasteiger charge is -2.35. The summed E-state index contributed by atoms with van der Waals surface area (Å²) in [6.07, 6.45) is 2.15. The molecule has 114 valence electrons. The second-order valence-corrected chi connectivity index (χ2v) is 6.27. The molecule has 0 spiro atoms. The van der Waals surface area contributed by atoms with E-state index in [2.05, 4.69) is 5.32 Å². The molecule has 0 saturated carbocycles. The summed E-state index contributed by atoms with van der Waals surface area (Å²) < 4.78 is 5.73. The molecule has 0 aromatic heterocycles. The molecule has 4 heteroatoms. The fourth-order valence-electron chi connectivity index (χ4n) is 2.84. The summed E-state index contributed by atoms with van der Waals surface area (Å²) in [5, 5.41) is 2.30. The molecule has 0 atom stereocenters. The minimum absolute atomic E-state index is 0.00583. The Bertz CT molecular complexity index is 513. The molecule has 0 amide bonds. The van der Waals surface area contributed by atoms with Gasteiger partial charge in [-0.25, -0.2) is 4.79 Å². The molecule has 2 rings (SSSR count). The number of rotatable bonds is 4. The van der Waals surface area contributed by atoms with Crippen LogP contribution >= 0.6 is 0 Å². The molecule has 0 radical (unpaired) electrons. The Morgan fingerprint density at radius 2 is 1.62 bits per heavy atom. The number of ketones is 1. The molecular formula is C17H24NO3+. The van der Waals surface area contributed by atoms with E-state index in [0.717, 1.165) is 25.9 Å². The minimum Gasteiger partial charge on any atom is -0.456 e. The van der Waals surface area contributed by atoms with Crippen LogP contribution in [-0.4, -0.2) is 30.4 Å². The highest BCUT2D eigenvalue weighted by atomic mass is 16.6. The lowest BCUT2D eigenvalue weighted by atomic mass is 9.83. The van der Waals surface area contributed by atoms with Gasteiger partial charge < -0.3 is 10.1 Å². The van der Waals surface area contributed by atoms with Gasteiger partial charge in [0.25, 0.3) is 0 Å². The van der Waals surface area contributed by atoms with Crippen LogP contribution in [0.1, 0.15) is 54.3 Å². The fraction of sp³-hybridized carbons (Fsp3) is 0.529. The quantitative estimate of drug-likeness (QED) is 0.679. The first kappa shape index (κ1) is 15.7. The zero-order valence-electron chi connectivity index (χ0n) is 13.0. The van der Waals surface area contributed by atoms with E-state index < -0.39 is 5.60 Å². The Labute approximate surface area is 125 Å². The summed E-state index contributed by atoms with van der Waals surface area (Å²) in [6.45, 7) is 7.68. The van der Waals surface area contributed by atoms with E-state index in [9.17, 15) is 9.59 Å². The third kappa shape index (κ3) is 3.91. The monoisotopic (exact) mass is 290 g/mol. The highest BCUT2D eigenvalue weighted by Gasteiger charge is 2.35. The van der Waals surface area contributed by atoms with Crippen LogP contribution in [0, 0.1) is 5.92 Å². The van der Waals surface area contributed by atoms with Crippen LogP contribution < -0.4 is 5.32 Å². The first-order valence-electron chi connectivity index (χ1n) is 7.56. The maximum atomic E-state index is 12.3. The second kappa shape index (κ2) is 6.39. The molecule has 0 aliphatic carbocycles. The number of carbonyl (C=O) groups is 2. The minimum atomic E-state index is -0.454. The summed E-state index contributed by atoms with van der Waals surface area (Å²) in [6, 6.07) is 6.65. The molecule has 1 aromatic rings. The third-order valence-electron chi connectivity index (χ3n) is 4.30. The van der Waals surface area contributed by atoms with E-state index in [1.54, 1.807) is 24.3 Å². The Hall–Kier alpha value is -1.68. The average Bonchev–Trinajstić information content (AvgIpc) is 2.48. The van der Waals surface area contributed by atoms with Crippen molar-refractivity contribution in [3.8, 4) is 0 Å². The van der Waals surface area contributed by atoms with Crippen molar-refractivity contribution in [3.05, 3.63) is 35.4 Å². The van der Waals surface area contributed by atoms with Crippen LogP contribution in [0.4, 0.5) is 0 Å². The Morgan fingerprint density at radius 1 is 1.10 bits per heavy atom. The SMILES string of the molecule is CC(=O)c1ccc(C(=O)OC(C)(C)C2CC[NH2+]CC2)cc1. The van der Waals surface area contributed by atoms with Gasteiger partial charge in [-0.3, -0.25) is 4.79 Å². The Kier molecular flexibility index (Phi) is 4.78. The molecular weight excluding hydrogens is 266 g/mol. The van der Waals surface area contributed by atoms with Crippen molar-refractivity contribution in [1.82, 2.24) is 0 Å². The van der Waals surface area contributed by atoms with Crippen molar-refractivity contribution in [3.63, 3.8) is 0 Å². The van der Waals surface area contributed by atoms with Crippen LogP contribution in [-0.2, 0) is 4.74 Å². The predicted octanol–water partition coefficient (Wildman–Crippen LogP) is 1.80. The van der Waals surface area contributed by atoms with Gasteiger partial charge in [0.05, 0.1) is 18.7 Å². The standard InChI is InChI=1S/C17H23NO3/c1-12(19)13-4-6-14(7-5-13)16(20)21-17(2,3)15-8-10-18-11-9-15/h4-7,15,18H,8-11H2,1-3H3/p+1. The van der Waals surface area contributed by atoms with Crippen molar-refractivity contribution in [2.75, 3.05) is 13.1 Å². The van der Waals surface area contributed by atoms with Gasteiger partial charge in [-0.05, 0) is 32.9 Å². The molecule has 1 fully saturated rings. The zero-order valence-corrected chi connectivity index (χ0v) is 13.0. The fourth-order valence-corrected chi connectivity index (χ4v) is 2.84. The summed E-state index contributed by atoms with van der Waals surface area (Å²) in [5.74, 6) is 0.0845. The highest BCUT2D eigenvalue weighted by Crippen LogP contribution is 2.28. The van der Waals surface area contributed by atoms with Crippen molar-refractivity contribution < 1.29 is 19.6 Å². The van der Waals surface area contributed by atoms with Gasteiger partial charge in [-0.15, -0.1) is 0 Å². The summed E-state index contributed by atoms with van der Waals surface area (Å²) in [5.41, 5.74) is 0.647. The van der Waals surface area contributed by atoms with E-state index in [1.807, 2.05) is 13.8 Å². The molecule has 2 N–H and O–H groups in total. The molecule has 4 nitrogen and oxygen atoms in total. The molecule has 1 aliphatic rings. The number of quaternary nitrogens is 1. The smallest absolute Gasteiger partial charge is 0.338 e. The van der Waals surface area contributed by atoms with Crippen LogP contribution in [0.5, 0.6) is 0 Å². The van der Waals surface area contributed by atoms with Gasteiger partial charge in [0.15, 0.2) is 5.78 Å². The first-order chi connectivity index (χ1) is 9.90. The van der Waals surface area contributed by atoms with E-state index >= 15 is 0 Å². The second-order valence-electron chi connectivity index (χ2n) is 6.27. The summed E-state index contributed by atoms with van der Waals surface area (Å²) in [4.78, 5) is 23.5. The molecule has 1 heterocycles. The zero-order chi connectivity index (χ0) is 15.5. The van der Waals surface area contributed by atoms with Gasteiger partial charge in [0.2, 0.25) is 0 Å². The Balaban J connectivity index is 2.04. The number of Topliss-reactive ketones (excluding diaryl/α,β-unsaturated/α-hetero) is 1. The van der Waals surface area contributed by atoms with Gasteiger partial charge in [-0.1, -0.05) is 12.1 Å². The highest BCUT2D eigenvalue weighted by molar-refractivity contribution is 5.96. The van der Waals surface area contributed by atoms with E-state index in [4.69, 9.17) is 4.74 Å². The molecule has 0 unspecified atom stereocenters. The lowest BCUT2D eigenvalue weighted by molar-refractivity contribution is -0.665. The van der Waals surface area contributed by atoms with E-state index in [0.29, 0.717) is 17.0 Å². The van der Waals surface area contributed by atoms with Crippen molar-refractivity contribution >= 4 is 11.8 Å². The lowest BCUT2D eigenvalue weighted by Crippen LogP contribution is -2.86.